The monoisotopic (exact) mass is 349 g/mol. The number of pyridine rings is 1. The summed E-state index contributed by atoms with van der Waals surface area (Å²) in [5.74, 6) is 0.435. The Morgan fingerprint density at radius 1 is 1.23 bits per heavy atom. The fourth-order valence-electron chi connectivity index (χ4n) is 2.84. The summed E-state index contributed by atoms with van der Waals surface area (Å²) in [6, 6.07) is 9.44. The van der Waals surface area contributed by atoms with Crippen molar-refractivity contribution in [3.8, 4) is 11.1 Å². The quantitative estimate of drug-likeness (QED) is 0.740. The Labute approximate surface area is 153 Å². The van der Waals surface area contributed by atoms with Gasteiger partial charge in [0.2, 0.25) is 0 Å². The molecule has 6 heteroatoms. The lowest BCUT2D eigenvalue weighted by Gasteiger charge is -2.15. The number of rotatable bonds is 5. The van der Waals surface area contributed by atoms with E-state index in [2.05, 4.69) is 15.4 Å². The zero-order valence-electron chi connectivity index (χ0n) is 15.2. The summed E-state index contributed by atoms with van der Waals surface area (Å²) in [6.07, 6.45) is 6.25. The fourth-order valence-corrected chi connectivity index (χ4v) is 2.84. The largest absolute Gasteiger partial charge is 0.383 e. The van der Waals surface area contributed by atoms with Crippen molar-refractivity contribution in [2.75, 3.05) is 5.73 Å². The SMILES string of the molecule is CC[C@@H](NC(=O)c1ccc(-c2cnc(N)c(C)c2)cc1)c1cnn(C)c1. The van der Waals surface area contributed by atoms with Gasteiger partial charge < -0.3 is 11.1 Å². The molecule has 0 aliphatic heterocycles. The van der Waals surface area contributed by atoms with Gasteiger partial charge in [0.05, 0.1) is 12.2 Å². The van der Waals surface area contributed by atoms with Crippen LogP contribution >= 0.6 is 0 Å². The van der Waals surface area contributed by atoms with Crippen LogP contribution in [0.15, 0.2) is 48.9 Å². The highest BCUT2D eigenvalue weighted by Crippen LogP contribution is 2.22. The molecule has 26 heavy (non-hydrogen) atoms. The summed E-state index contributed by atoms with van der Waals surface area (Å²) in [5.41, 5.74) is 10.3. The van der Waals surface area contributed by atoms with E-state index in [0.29, 0.717) is 11.4 Å². The highest BCUT2D eigenvalue weighted by molar-refractivity contribution is 5.95. The Bertz CT molecular complexity index is 914. The first kappa shape index (κ1) is 17.7. The lowest BCUT2D eigenvalue weighted by Crippen LogP contribution is -2.27. The summed E-state index contributed by atoms with van der Waals surface area (Å²) in [6.45, 7) is 3.97. The van der Waals surface area contributed by atoms with Crippen molar-refractivity contribution in [2.24, 2.45) is 7.05 Å². The van der Waals surface area contributed by atoms with E-state index in [0.717, 1.165) is 28.7 Å². The van der Waals surface area contributed by atoms with Crippen molar-refractivity contribution < 1.29 is 4.79 Å². The van der Waals surface area contributed by atoms with Gasteiger partial charge in [0, 0.05) is 36.1 Å². The van der Waals surface area contributed by atoms with Crippen LogP contribution in [0.25, 0.3) is 11.1 Å². The minimum atomic E-state index is -0.0983. The highest BCUT2D eigenvalue weighted by atomic mass is 16.1. The van der Waals surface area contributed by atoms with E-state index in [1.54, 1.807) is 17.1 Å². The maximum absolute atomic E-state index is 12.6. The number of aryl methyl sites for hydroxylation is 2. The van der Waals surface area contributed by atoms with Gasteiger partial charge in [-0.1, -0.05) is 19.1 Å². The minimum Gasteiger partial charge on any atom is -0.383 e. The van der Waals surface area contributed by atoms with E-state index in [1.165, 1.54) is 0 Å². The molecule has 6 nitrogen and oxygen atoms in total. The molecule has 3 N–H and O–H groups in total. The predicted octanol–water partition coefficient (Wildman–Crippen LogP) is 3.25. The smallest absolute Gasteiger partial charge is 0.251 e. The molecule has 0 aliphatic carbocycles. The van der Waals surface area contributed by atoms with Crippen LogP contribution in [0.2, 0.25) is 0 Å². The van der Waals surface area contributed by atoms with Gasteiger partial charge in [-0.3, -0.25) is 9.48 Å². The molecule has 0 aliphatic rings. The first-order valence-electron chi connectivity index (χ1n) is 8.60. The topological polar surface area (TPSA) is 85.8 Å². The normalized spacial score (nSPS) is 12.0. The van der Waals surface area contributed by atoms with E-state index in [-0.39, 0.29) is 11.9 Å². The van der Waals surface area contributed by atoms with Gasteiger partial charge in [-0.2, -0.15) is 5.10 Å². The van der Waals surface area contributed by atoms with Gasteiger partial charge in [-0.25, -0.2) is 4.98 Å². The number of aromatic nitrogens is 3. The number of hydrogen-bond donors (Lipinski definition) is 2. The van der Waals surface area contributed by atoms with E-state index in [1.807, 2.05) is 57.4 Å². The number of nitrogens with two attached hydrogens (primary N) is 1. The third kappa shape index (κ3) is 3.74. The first-order chi connectivity index (χ1) is 12.5. The maximum Gasteiger partial charge on any atom is 0.251 e. The number of nitrogens with zero attached hydrogens (tertiary/aromatic N) is 3. The molecule has 0 radical (unpaired) electrons. The van der Waals surface area contributed by atoms with Crippen LogP contribution in [0, 0.1) is 6.92 Å². The van der Waals surface area contributed by atoms with Crippen LogP contribution < -0.4 is 11.1 Å². The standard InChI is InChI=1S/C20H23N5O/c1-4-18(17-11-23-25(3)12-17)24-20(26)15-7-5-14(6-8-15)16-9-13(2)19(21)22-10-16/h5-12,18H,4H2,1-3H3,(H2,21,22)(H,24,26)/t18-/m1/s1. The van der Waals surface area contributed by atoms with Gasteiger partial charge in [0.1, 0.15) is 5.82 Å². The second-order valence-corrected chi connectivity index (χ2v) is 6.39. The molecule has 0 spiro atoms. The van der Waals surface area contributed by atoms with Gasteiger partial charge in [0.15, 0.2) is 0 Å². The molecule has 0 saturated heterocycles. The molecule has 1 amide bonds. The van der Waals surface area contributed by atoms with Gasteiger partial charge in [-0.05, 0) is 42.7 Å². The average Bonchev–Trinajstić information content (AvgIpc) is 3.08. The van der Waals surface area contributed by atoms with Gasteiger partial charge in [0.25, 0.3) is 5.91 Å². The number of amides is 1. The molecule has 1 aromatic carbocycles. The van der Waals surface area contributed by atoms with Gasteiger partial charge >= 0.3 is 0 Å². The molecular weight excluding hydrogens is 326 g/mol. The zero-order valence-corrected chi connectivity index (χ0v) is 15.2. The third-order valence-electron chi connectivity index (χ3n) is 4.44. The Morgan fingerprint density at radius 3 is 2.54 bits per heavy atom. The molecule has 134 valence electrons. The van der Waals surface area contributed by atoms with Crippen molar-refractivity contribution in [1.29, 1.82) is 0 Å². The van der Waals surface area contributed by atoms with Gasteiger partial charge in [-0.15, -0.1) is 0 Å². The Kier molecular flexibility index (Phi) is 5.02. The van der Waals surface area contributed by atoms with E-state index >= 15 is 0 Å². The number of nitrogens with one attached hydrogen (secondary N) is 1. The lowest BCUT2D eigenvalue weighted by atomic mass is 10.0. The van der Waals surface area contributed by atoms with Crippen molar-refractivity contribution in [1.82, 2.24) is 20.1 Å². The second kappa shape index (κ2) is 7.39. The summed E-state index contributed by atoms with van der Waals surface area (Å²) < 4.78 is 1.74. The van der Waals surface area contributed by atoms with Crippen LogP contribution in [0.1, 0.15) is 40.9 Å². The predicted molar refractivity (Wildman–Crippen MR) is 103 cm³/mol. The van der Waals surface area contributed by atoms with Crippen molar-refractivity contribution in [3.63, 3.8) is 0 Å². The molecule has 0 bridgehead atoms. The molecule has 2 aromatic heterocycles. The minimum absolute atomic E-state index is 0.0557. The van der Waals surface area contributed by atoms with Crippen LogP contribution in [-0.2, 0) is 7.05 Å². The molecule has 3 rings (SSSR count). The molecule has 2 heterocycles. The molecule has 0 unspecified atom stereocenters. The average molecular weight is 349 g/mol. The molecule has 0 fully saturated rings. The van der Waals surface area contributed by atoms with Crippen LogP contribution in [0.4, 0.5) is 5.82 Å². The number of benzene rings is 1. The van der Waals surface area contributed by atoms with Crippen LogP contribution in [0.5, 0.6) is 0 Å². The van der Waals surface area contributed by atoms with E-state index in [4.69, 9.17) is 5.73 Å². The zero-order chi connectivity index (χ0) is 18.7. The van der Waals surface area contributed by atoms with Crippen molar-refractivity contribution >= 4 is 11.7 Å². The van der Waals surface area contributed by atoms with Crippen LogP contribution in [-0.4, -0.2) is 20.7 Å². The molecule has 1 atom stereocenters. The third-order valence-corrected chi connectivity index (χ3v) is 4.44. The van der Waals surface area contributed by atoms with Crippen LogP contribution in [0.3, 0.4) is 0 Å². The number of anilines is 1. The van der Waals surface area contributed by atoms with E-state index < -0.39 is 0 Å². The number of carbonyl (C=O) groups is 1. The van der Waals surface area contributed by atoms with E-state index in [9.17, 15) is 4.79 Å². The van der Waals surface area contributed by atoms with Crippen molar-refractivity contribution in [3.05, 3.63) is 65.6 Å². The van der Waals surface area contributed by atoms with Crippen molar-refractivity contribution in [2.45, 2.75) is 26.3 Å². The molecule has 0 saturated carbocycles. The maximum atomic E-state index is 12.6. The Hall–Kier alpha value is -3.15. The Morgan fingerprint density at radius 2 is 1.96 bits per heavy atom. The lowest BCUT2D eigenvalue weighted by molar-refractivity contribution is 0.0935. The fraction of sp³-hybridized carbons (Fsp3) is 0.250. The summed E-state index contributed by atoms with van der Waals surface area (Å²) in [7, 11) is 1.87. The first-order valence-corrected chi connectivity index (χ1v) is 8.60. The summed E-state index contributed by atoms with van der Waals surface area (Å²) in [4.78, 5) is 16.8. The molecule has 3 aromatic rings. The number of hydrogen-bond acceptors (Lipinski definition) is 4. The number of nitrogen functional groups attached to an aromatic ring is 1. The molecular formula is C20H23N5O. The summed E-state index contributed by atoms with van der Waals surface area (Å²) in [5, 5.41) is 7.24. The number of carbonyl (C=O) groups excluding carboxylic acids is 1. The summed E-state index contributed by atoms with van der Waals surface area (Å²) >= 11 is 0. The Balaban J connectivity index is 1.75. The highest BCUT2D eigenvalue weighted by Gasteiger charge is 2.15. The second-order valence-electron chi connectivity index (χ2n) is 6.39.